The van der Waals surface area contributed by atoms with Gasteiger partial charge in [0.1, 0.15) is 17.7 Å². The largest absolute Gasteiger partial charge is 0.444 e. The fourth-order valence-corrected chi connectivity index (χ4v) is 3.90. The van der Waals surface area contributed by atoms with Crippen LogP contribution in [0.5, 0.6) is 0 Å². The maximum Gasteiger partial charge on any atom is 0.408 e. The smallest absolute Gasteiger partial charge is 0.408 e. The summed E-state index contributed by atoms with van der Waals surface area (Å²) in [4.78, 5) is 41.3. The second-order valence-corrected chi connectivity index (χ2v) is 10.3. The Kier molecular flexibility index (Phi) is 12.0. The van der Waals surface area contributed by atoms with E-state index in [2.05, 4.69) is 16.6 Å². The Morgan fingerprint density at radius 2 is 1.82 bits per heavy atom. The van der Waals surface area contributed by atoms with E-state index < -0.39 is 23.8 Å². The van der Waals surface area contributed by atoms with Gasteiger partial charge in [0.2, 0.25) is 11.8 Å². The summed E-state index contributed by atoms with van der Waals surface area (Å²) in [7, 11) is 0. The fraction of sp³-hybridized carbons (Fsp3) is 0.577. The molecule has 0 heterocycles. The molecular weight excluding hydrogens is 450 g/mol. The highest BCUT2D eigenvalue weighted by Gasteiger charge is 2.36. The summed E-state index contributed by atoms with van der Waals surface area (Å²) in [6.45, 7) is 11.3. The van der Waals surface area contributed by atoms with E-state index in [1.165, 1.54) is 4.90 Å². The van der Waals surface area contributed by atoms with E-state index >= 15 is 0 Å². The van der Waals surface area contributed by atoms with Crippen LogP contribution in [0.1, 0.15) is 71.6 Å². The van der Waals surface area contributed by atoms with Crippen LogP contribution < -0.4 is 10.6 Å². The Balaban J connectivity index is 3.47. The third kappa shape index (κ3) is 9.30. The van der Waals surface area contributed by atoms with E-state index in [1.54, 1.807) is 56.8 Å². The Labute approximate surface area is 208 Å². The Bertz CT molecular complexity index is 874. The first-order chi connectivity index (χ1) is 15.9. The molecule has 0 aliphatic rings. The minimum absolute atomic E-state index is 0.126. The molecular formula is C26H39N3O4S. The van der Waals surface area contributed by atoms with E-state index in [0.717, 1.165) is 0 Å². The van der Waals surface area contributed by atoms with E-state index in [9.17, 15) is 14.4 Å². The summed E-state index contributed by atoms with van der Waals surface area (Å²) in [5, 5.41) is 5.65. The number of carbonyl (C=O) groups excluding carboxylic acids is 3. The number of rotatable bonds is 11. The predicted molar refractivity (Wildman–Crippen MR) is 139 cm³/mol. The average molecular weight is 490 g/mol. The first-order valence-corrected chi connectivity index (χ1v) is 13.0. The Morgan fingerprint density at radius 3 is 2.35 bits per heavy atom. The van der Waals surface area contributed by atoms with Crippen LogP contribution in [0.2, 0.25) is 0 Å². The molecule has 0 aliphatic heterocycles. The summed E-state index contributed by atoms with van der Waals surface area (Å²) < 4.78 is 5.39. The molecule has 2 unspecified atom stereocenters. The molecule has 2 N–H and O–H groups in total. The molecule has 2 atom stereocenters. The first kappa shape index (κ1) is 29.4. The highest BCUT2D eigenvalue weighted by atomic mass is 32.2. The van der Waals surface area contributed by atoms with Crippen LogP contribution >= 0.6 is 11.8 Å². The predicted octanol–water partition coefficient (Wildman–Crippen LogP) is 4.12. The zero-order chi connectivity index (χ0) is 25.9. The summed E-state index contributed by atoms with van der Waals surface area (Å²) in [6, 6.07) is 5.22. The monoisotopic (exact) mass is 489 g/mol. The van der Waals surface area contributed by atoms with E-state index in [1.807, 2.05) is 27.0 Å². The van der Waals surface area contributed by atoms with Crippen molar-refractivity contribution < 1.29 is 19.1 Å². The Hall–Kier alpha value is -2.66. The molecule has 0 saturated carbocycles. The standard InChI is InChI=1S/C26H39N3O4S/c1-9-16-29(24(31)21(15-17-34-8)28-25(32)33-26(5,6)7)22(23(30)27-18(3)4)20-14-12-11-13-19(20)10-2/h2,11-14,18,21-22H,9,15-17H2,1,3-8H3,(H,27,30)(H,28,32). The van der Waals surface area contributed by atoms with E-state index in [0.29, 0.717) is 36.3 Å². The molecule has 3 amide bonds. The van der Waals surface area contributed by atoms with Gasteiger partial charge in [-0.15, -0.1) is 6.42 Å². The molecule has 0 fully saturated rings. The van der Waals surface area contributed by atoms with Crippen molar-refractivity contribution in [2.24, 2.45) is 0 Å². The zero-order valence-electron chi connectivity index (χ0n) is 21.4. The van der Waals surface area contributed by atoms with Crippen molar-refractivity contribution in [1.82, 2.24) is 15.5 Å². The minimum Gasteiger partial charge on any atom is -0.444 e. The number of nitrogens with one attached hydrogen (secondary N) is 2. The number of nitrogens with zero attached hydrogens (tertiary/aromatic N) is 1. The molecule has 8 heteroatoms. The van der Waals surface area contributed by atoms with Crippen LogP contribution in [0.25, 0.3) is 0 Å². The van der Waals surface area contributed by atoms with Crippen LogP contribution in [0.4, 0.5) is 4.79 Å². The molecule has 1 aromatic rings. The van der Waals surface area contributed by atoms with E-state index in [4.69, 9.17) is 11.2 Å². The van der Waals surface area contributed by atoms with Crippen molar-refractivity contribution in [3.8, 4) is 12.3 Å². The van der Waals surface area contributed by atoms with Gasteiger partial charge in [0, 0.05) is 18.2 Å². The van der Waals surface area contributed by atoms with Gasteiger partial charge >= 0.3 is 6.09 Å². The van der Waals surface area contributed by atoms with Gasteiger partial charge < -0.3 is 20.3 Å². The van der Waals surface area contributed by atoms with Gasteiger partial charge in [0.25, 0.3) is 0 Å². The molecule has 0 aliphatic carbocycles. The number of hydrogen-bond donors (Lipinski definition) is 2. The van der Waals surface area contributed by atoms with Crippen molar-refractivity contribution in [3.05, 3.63) is 35.4 Å². The number of carbonyl (C=O) groups is 3. The lowest BCUT2D eigenvalue weighted by Gasteiger charge is -2.35. The van der Waals surface area contributed by atoms with Crippen LogP contribution in [-0.4, -0.2) is 59.0 Å². The molecule has 1 rings (SSSR count). The number of thioether (sulfide) groups is 1. The van der Waals surface area contributed by atoms with Crippen molar-refractivity contribution >= 4 is 29.7 Å². The number of hydrogen-bond acceptors (Lipinski definition) is 5. The number of alkyl carbamates (subject to hydrolysis) is 1. The number of ether oxygens (including phenoxy) is 1. The molecule has 1 aromatic carbocycles. The normalized spacial score (nSPS) is 12.9. The van der Waals surface area contributed by atoms with Gasteiger partial charge in [0.05, 0.1) is 0 Å². The lowest BCUT2D eigenvalue weighted by atomic mass is 9.97. The molecule has 0 radical (unpaired) electrons. The molecule has 7 nitrogen and oxygen atoms in total. The third-order valence-corrected chi connectivity index (χ3v) is 5.39. The van der Waals surface area contributed by atoms with Crippen LogP contribution in [0, 0.1) is 12.3 Å². The van der Waals surface area contributed by atoms with Gasteiger partial charge in [-0.2, -0.15) is 11.8 Å². The lowest BCUT2D eigenvalue weighted by Crippen LogP contribution is -2.54. The summed E-state index contributed by atoms with van der Waals surface area (Å²) in [5.41, 5.74) is 0.415. The van der Waals surface area contributed by atoms with Gasteiger partial charge in [-0.25, -0.2) is 4.79 Å². The molecule has 0 saturated heterocycles. The fourth-order valence-electron chi connectivity index (χ4n) is 3.43. The van der Waals surface area contributed by atoms with Crippen molar-refractivity contribution in [3.63, 3.8) is 0 Å². The maximum atomic E-state index is 13.9. The highest BCUT2D eigenvalue weighted by molar-refractivity contribution is 7.98. The van der Waals surface area contributed by atoms with Gasteiger partial charge in [-0.3, -0.25) is 9.59 Å². The SMILES string of the molecule is C#Cc1ccccc1C(C(=O)NC(C)C)N(CCC)C(=O)C(CCSC)NC(=O)OC(C)(C)C. The van der Waals surface area contributed by atoms with E-state index in [-0.39, 0.29) is 17.9 Å². The molecule has 188 valence electrons. The lowest BCUT2D eigenvalue weighted by molar-refractivity contribution is -0.142. The molecule has 0 aromatic heterocycles. The third-order valence-electron chi connectivity index (χ3n) is 4.75. The van der Waals surface area contributed by atoms with Crippen LogP contribution in [0.15, 0.2) is 24.3 Å². The highest BCUT2D eigenvalue weighted by Crippen LogP contribution is 2.26. The van der Waals surface area contributed by atoms with Crippen LogP contribution in [0.3, 0.4) is 0 Å². The minimum atomic E-state index is -0.931. The van der Waals surface area contributed by atoms with Crippen molar-refractivity contribution in [1.29, 1.82) is 0 Å². The number of amides is 3. The molecule has 34 heavy (non-hydrogen) atoms. The quantitative estimate of drug-likeness (QED) is 0.457. The topological polar surface area (TPSA) is 87.7 Å². The van der Waals surface area contributed by atoms with Crippen LogP contribution in [-0.2, 0) is 14.3 Å². The van der Waals surface area contributed by atoms with Gasteiger partial charge in [0.15, 0.2) is 0 Å². The van der Waals surface area contributed by atoms with Gasteiger partial charge in [-0.05, 0) is 71.1 Å². The summed E-state index contributed by atoms with van der Waals surface area (Å²) >= 11 is 1.57. The van der Waals surface area contributed by atoms with Crippen molar-refractivity contribution in [2.45, 2.75) is 78.1 Å². The maximum absolute atomic E-state index is 13.9. The second kappa shape index (κ2) is 13.9. The summed E-state index contributed by atoms with van der Waals surface area (Å²) in [6.07, 6.45) is 8.01. The first-order valence-electron chi connectivity index (χ1n) is 11.6. The zero-order valence-corrected chi connectivity index (χ0v) is 22.3. The molecule has 0 bridgehead atoms. The van der Waals surface area contributed by atoms with Crippen molar-refractivity contribution in [2.75, 3.05) is 18.6 Å². The number of benzene rings is 1. The average Bonchev–Trinajstić information content (AvgIpc) is 2.74. The molecule has 0 spiro atoms. The summed E-state index contributed by atoms with van der Waals surface area (Å²) in [5.74, 6) is 2.61. The van der Waals surface area contributed by atoms with Gasteiger partial charge in [-0.1, -0.05) is 31.0 Å². The Morgan fingerprint density at radius 1 is 1.18 bits per heavy atom. The number of terminal acetylenes is 1. The second-order valence-electron chi connectivity index (χ2n) is 9.31.